The topological polar surface area (TPSA) is 61.1 Å². The minimum atomic E-state index is -0.0459. The van der Waals surface area contributed by atoms with Gasteiger partial charge < -0.3 is 14.6 Å². The Kier molecular flexibility index (Phi) is 4.84. The molecule has 1 saturated heterocycles. The smallest absolute Gasteiger partial charge is 0.228 e. The summed E-state index contributed by atoms with van der Waals surface area (Å²) in [6, 6.07) is 12.0. The molecule has 1 aliphatic rings. The van der Waals surface area contributed by atoms with Crippen molar-refractivity contribution in [1.29, 1.82) is 0 Å². The fourth-order valence-corrected chi connectivity index (χ4v) is 3.21. The van der Waals surface area contributed by atoms with E-state index in [1.165, 1.54) is 0 Å². The van der Waals surface area contributed by atoms with Gasteiger partial charge in [0.1, 0.15) is 0 Å². The van der Waals surface area contributed by atoms with Crippen molar-refractivity contribution in [3.63, 3.8) is 0 Å². The molecule has 6 heteroatoms. The molecule has 4 rings (SSSR count). The summed E-state index contributed by atoms with van der Waals surface area (Å²) in [6.07, 6.45) is 10.3. The van der Waals surface area contributed by atoms with Crippen molar-refractivity contribution in [2.45, 2.75) is 31.9 Å². The van der Waals surface area contributed by atoms with Crippen LogP contribution in [0.25, 0.3) is 5.69 Å². The Labute approximate surface area is 152 Å². The lowest BCUT2D eigenvalue weighted by atomic mass is 10.1. The third kappa shape index (κ3) is 4.03. The number of rotatable bonds is 6. The van der Waals surface area contributed by atoms with Gasteiger partial charge >= 0.3 is 0 Å². The zero-order valence-corrected chi connectivity index (χ0v) is 14.5. The highest BCUT2D eigenvalue weighted by atomic mass is 16.5. The van der Waals surface area contributed by atoms with Crippen LogP contribution in [0.3, 0.4) is 0 Å². The Balaban J connectivity index is 1.31. The van der Waals surface area contributed by atoms with E-state index in [0.717, 1.165) is 42.9 Å². The van der Waals surface area contributed by atoms with Crippen molar-refractivity contribution in [2.24, 2.45) is 0 Å². The van der Waals surface area contributed by atoms with Crippen molar-refractivity contribution in [3.05, 3.63) is 66.7 Å². The van der Waals surface area contributed by atoms with E-state index in [2.05, 4.69) is 10.4 Å². The number of benzene rings is 1. The van der Waals surface area contributed by atoms with Crippen LogP contribution >= 0.6 is 0 Å². The molecule has 1 fully saturated rings. The van der Waals surface area contributed by atoms with Gasteiger partial charge in [-0.15, -0.1) is 0 Å². The molecular weight excluding hydrogens is 328 g/mol. The number of aromatic nitrogens is 3. The zero-order valence-electron chi connectivity index (χ0n) is 14.5. The number of hydrogen-bond acceptors (Lipinski definition) is 3. The van der Waals surface area contributed by atoms with Crippen LogP contribution in [0.2, 0.25) is 0 Å². The summed E-state index contributed by atoms with van der Waals surface area (Å²) in [4.78, 5) is 12.3. The molecule has 3 heterocycles. The number of ether oxygens (including phenoxy) is 1. The van der Waals surface area contributed by atoms with Gasteiger partial charge in [-0.25, -0.2) is 0 Å². The first-order valence-electron chi connectivity index (χ1n) is 8.92. The average molecular weight is 350 g/mol. The Bertz CT molecular complexity index is 846. The summed E-state index contributed by atoms with van der Waals surface area (Å²) in [6.45, 7) is 1.56. The van der Waals surface area contributed by atoms with Gasteiger partial charge in [-0.05, 0) is 42.7 Å². The second-order valence-electron chi connectivity index (χ2n) is 6.57. The van der Waals surface area contributed by atoms with Crippen molar-refractivity contribution in [2.75, 3.05) is 11.9 Å². The summed E-state index contributed by atoms with van der Waals surface area (Å²) in [5.74, 6) is -0.0459. The molecule has 2 aromatic heterocycles. The molecule has 0 spiro atoms. The fraction of sp³-hybridized carbons (Fsp3) is 0.300. The van der Waals surface area contributed by atoms with Crippen LogP contribution in [0.5, 0.6) is 0 Å². The lowest BCUT2D eigenvalue weighted by Gasteiger charge is -2.08. The first kappa shape index (κ1) is 16.6. The van der Waals surface area contributed by atoms with Gasteiger partial charge in [0.25, 0.3) is 0 Å². The molecular formula is C20H22N4O2. The van der Waals surface area contributed by atoms with Crippen LogP contribution in [-0.2, 0) is 22.5 Å². The molecule has 0 bridgehead atoms. The maximum Gasteiger partial charge on any atom is 0.228 e. The lowest BCUT2D eigenvalue weighted by Crippen LogP contribution is -2.15. The zero-order chi connectivity index (χ0) is 17.8. The molecule has 6 nitrogen and oxygen atoms in total. The number of carbonyl (C=O) groups is 1. The number of anilines is 1. The van der Waals surface area contributed by atoms with E-state index in [9.17, 15) is 4.79 Å². The molecule has 1 aromatic carbocycles. The fourth-order valence-electron chi connectivity index (χ4n) is 3.21. The highest BCUT2D eigenvalue weighted by Crippen LogP contribution is 2.15. The normalized spacial score (nSPS) is 16.7. The van der Waals surface area contributed by atoms with E-state index in [1.54, 1.807) is 6.20 Å². The SMILES string of the molecule is O=C(Cc1ccc(-n2cccc2)cc1)Nc1cnn(C[C@H]2CCCO2)c1. The molecule has 0 aliphatic carbocycles. The molecule has 1 atom stereocenters. The maximum absolute atomic E-state index is 12.3. The molecule has 1 amide bonds. The number of nitrogens with zero attached hydrogens (tertiary/aromatic N) is 3. The second kappa shape index (κ2) is 7.58. The van der Waals surface area contributed by atoms with E-state index >= 15 is 0 Å². The number of carbonyl (C=O) groups excluding carboxylic acids is 1. The van der Waals surface area contributed by atoms with Crippen LogP contribution < -0.4 is 5.32 Å². The first-order chi connectivity index (χ1) is 12.8. The van der Waals surface area contributed by atoms with Gasteiger partial charge in [0.2, 0.25) is 5.91 Å². The molecule has 0 radical (unpaired) electrons. The molecule has 1 N–H and O–H groups in total. The van der Waals surface area contributed by atoms with Crippen molar-refractivity contribution in [3.8, 4) is 5.69 Å². The first-order valence-corrected chi connectivity index (χ1v) is 8.92. The van der Waals surface area contributed by atoms with E-state index in [4.69, 9.17) is 4.74 Å². The van der Waals surface area contributed by atoms with Crippen LogP contribution in [0.4, 0.5) is 5.69 Å². The monoisotopic (exact) mass is 350 g/mol. The quantitative estimate of drug-likeness (QED) is 0.743. The van der Waals surface area contributed by atoms with E-state index in [1.807, 2.05) is 64.2 Å². The predicted molar refractivity (Wildman–Crippen MR) is 99.3 cm³/mol. The van der Waals surface area contributed by atoms with Crippen molar-refractivity contribution < 1.29 is 9.53 Å². The third-order valence-corrected chi connectivity index (χ3v) is 4.54. The predicted octanol–water partition coefficient (Wildman–Crippen LogP) is 3.03. The van der Waals surface area contributed by atoms with Crippen LogP contribution in [-0.4, -0.2) is 33.0 Å². The van der Waals surface area contributed by atoms with Gasteiger partial charge in [0, 0.05) is 30.9 Å². The Morgan fingerprint density at radius 3 is 2.77 bits per heavy atom. The van der Waals surface area contributed by atoms with Gasteiger partial charge in [0.15, 0.2) is 0 Å². The minimum Gasteiger partial charge on any atom is -0.376 e. The number of nitrogens with one attached hydrogen (secondary N) is 1. The van der Waals surface area contributed by atoms with Gasteiger partial charge in [-0.3, -0.25) is 9.48 Å². The Morgan fingerprint density at radius 2 is 2.04 bits per heavy atom. The molecule has 134 valence electrons. The summed E-state index contributed by atoms with van der Waals surface area (Å²) in [5, 5.41) is 7.21. The standard InChI is InChI=1S/C20H22N4O2/c25-20(12-16-5-7-18(8-6-16)23-9-1-2-10-23)22-17-13-21-24(14-17)15-19-4-3-11-26-19/h1-2,5-10,13-14,19H,3-4,11-12,15H2,(H,22,25)/t19-/m1/s1. The second-order valence-corrected chi connectivity index (χ2v) is 6.57. The third-order valence-electron chi connectivity index (χ3n) is 4.54. The Hall–Kier alpha value is -2.86. The lowest BCUT2D eigenvalue weighted by molar-refractivity contribution is -0.115. The van der Waals surface area contributed by atoms with E-state index in [0.29, 0.717) is 6.42 Å². The van der Waals surface area contributed by atoms with Crippen molar-refractivity contribution >= 4 is 11.6 Å². The minimum absolute atomic E-state index is 0.0459. The van der Waals surface area contributed by atoms with E-state index in [-0.39, 0.29) is 12.0 Å². The molecule has 26 heavy (non-hydrogen) atoms. The summed E-state index contributed by atoms with van der Waals surface area (Å²) < 4.78 is 9.48. The summed E-state index contributed by atoms with van der Waals surface area (Å²) in [5.41, 5.74) is 2.77. The van der Waals surface area contributed by atoms with Crippen LogP contribution in [0.1, 0.15) is 18.4 Å². The number of amides is 1. The van der Waals surface area contributed by atoms with Gasteiger partial charge in [-0.1, -0.05) is 12.1 Å². The highest BCUT2D eigenvalue weighted by Gasteiger charge is 2.16. The summed E-state index contributed by atoms with van der Waals surface area (Å²) in [7, 11) is 0. The summed E-state index contributed by atoms with van der Waals surface area (Å²) >= 11 is 0. The van der Waals surface area contributed by atoms with Crippen LogP contribution in [0, 0.1) is 0 Å². The number of hydrogen-bond donors (Lipinski definition) is 1. The highest BCUT2D eigenvalue weighted by molar-refractivity contribution is 5.92. The van der Waals surface area contributed by atoms with Crippen molar-refractivity contribution in [1.82, 2.24) is 14.3 Å². The maximum atomic E-state index is 12.3. The Morgan fingerprint density at radius 1 is 1.23 bits per heavy atom. The molecule has 1 aliphatic heterocycles. The molecule has 0 unspecified atom stereocenters. The van der Waals surface area contributed by atoms with Crippen LogP contribution in [0.15, 0.2) is 61.2 Å². The largest absolute Gasteiger partial charge is 0.376 e. The van der Waals surface area contributed by atoms with Gasteiger partial charge in [-0.2, -0.15) is 5.10 Å². The van der Waals surface area contributed by atoms with E-state index < -0.39 is 0 Å². The molecule has 0 saturated carbocycles. The average Bonchev–Trinajstić information content (AvgIpc) is 3.39. The van der Waals surface area contributed by atoms with Gasteiger partial charge in [0.05, 0.1) is 31.0 Å². The molecule has 3 aromatic rings.